The quantitative estimate of drug-likeness (QED) is 0.545. The molecule has 0 fully saturated rings. The van der Waals surface area contributed by atoms with Crippen molar-refractivity contribution >= 4 is 22.3 Å². The minimum atomic E-state index is 0.723. The van der Waals surface area contributed by atoms with Crippen molar-refractivity contribution in [2.45, 2.75) is 33.2 Å². The Balaban J connectivity index is 1.96. The Bertz CT molecular complexity index is 999. The first-order valence-electron chi connectivity index (χ1n) is 8.46. The number of aromatic nitrogens is 4. The van der Waals surface area contributed by atoms with Gasteiger partial charge in [-0.1, -0.05) is 55.3 Å². The van der Waals surface area contributed by atoms with Gasteiger partial charge in [-0.3, -0.25) is 0 Å². The molecule has 4 aromatic rings. The molecule has 0 spiro atoms. The predicted molar refractivity (Wildman–Crippen MR) is 97.9 cm³/mol. The average molecular weight is 316 g/mol. The van der Waals surface area contributed by atoms with Crippen molar-refractivity contribution in [3.8, 4) is 11.4 Å². The minimum Gasteiger partial charge on any atom is -0.307 e. The molecule has 120 valence electrons. The van der Waals surface area contributed by atoms with E-state index in [2.05, 4.69) is 42.7 Å². The lowest BCUT2D eigenvalue weighted by Gasteiger charge is -2.08. The fraction of sp³-hybridized carbons (Fsp3) is 0.250. The Labute approximate surface area is 141 Å². The minimum absolute atomic E-state index is 0.723. The summed E-state index contributed by atoms with van der Waals surface area (Å²) in [5.74, 6) is 0.953. The van der Waals surface area contributed by atoms with Gasteiger partial charge in [0.1, 0.15) is 5.82 Å². The van der Waals surface area contributed by atoms with Crippen LogP contribution in [-0.4, -0.2) is 19.5 Å². The lowest BCUT2D eigenvalue weighted by molar-refractivity contribution is 0.647. The van der Waals surface area contributed by atoms with E-state index in [0.29, 0.717) is 0 Å². The molecule has 24 heavy (non-hydrogen) atoms. The highest BCUT2D eigenvalue weighted by Gasteiger charge is 2.15. The van der Waals surface area contributed by atoms with Crippen LogP contribution in [0.25, 0.3) is 33.7 Å². The Morgan fingerprint density at radius 1 is 0.875 bits per heavy atom. The number of unbranched alkanes of at least 4 members (excludes halogenated alkanes) is 1. The van der Waals surface area contributed by atoms with Crippen molar-refractivity contribution in [3.05, 3.63) is 54.1 Å². The van der Waals surface area contributed by atoms with Crippen LogP contribution in [0, 0.1) is 6.92 Å². The number of fused-ring (bicyclic) bond motifs is 2. The maximum Gasteiger partial charge on any atom is 0.198 e. The highest BCUT2D eigenvalue weighted by atomic mass is 15.2. The lowest BCUT2D eigenvalue weighted by Crippen LogP contribution is -2.02. The van der Waals surface area contributed by atoms with E-state index in [-0.39, 0.29) is 0 Å². The molecule has 0 aliphatic rings. The van der Waals surface area contributed by atoms with Crippen LogP contribution in [0.4, 0.5) is 0 Å². The molecule has 0 aliphatic carbocycles. The molecular formula is C20H20N4. The van der Waals surface area contributed by atoms with E-state index >= 15 is 0 Å². The molecule has 0 amide bonds. The third-order valence-electron chi connectivity index (χ3n) is 4.30. The molecule has 0 unspecified atom stereocenters. The van der Waals surface area contributed by atoms with Crippen molar-refractivity contribution in [2.75, 3.05) is 0 Å². The van der Waals surface area contributed by atoms with Crippen molar-refractivity contribution in [2.24, 2.45) is 0 Å². The van der Waals surface area contributed by atoms with E-state index in [1.165, 1.54) is 5.56 Å². The van der Waals surface area contributed by atoms with Gasteiger partial charge in [0.05, 0.1) is 11.0 Å². The summed E-state index contributed by atoms with van der Waals surface area (Å²) >= 11 is 0. The Hall–Kier alpha value is -2.75. The highest BCUT2D eigenvalue weighted by Crippen LogP contribution is 2.25. The normalized spacial score (nSPS) is 11.4. The molecule has 4 heteroatoms. The molecule has 0 bridgehead atoms. The molecule has 2 aromatic heterocycles. The Morgan fingerprint density at radius 3 is 2.29 bits per heavy atom. The summed E-state index contributed by atoms with van der Waals surface area (Å²) in [6.45, 7) is 5.20. The Morgan fingerprint density at radius 2 is 1.58 bits per heavy atom. The number of nitrogens with zero attached hydrogens (tertiary/aromatic N) is 4. The maximum atomic E-state index is 4.83. The van der Waals surface area contributed by atoms with Crippen LogP contribution in [0.5, 0.6) is 0 Å². The van der Waals surface area contributed by atoms with Gasteiger partial charge in [-0.05, 0) is 25.5 Å². The first-order chi connectivity index (χ1) is 11.8. The SMILES string of the molecule is CCCCn1c(-c2ccc(C)cc2)nc2nc3ccccc3nc21. The molecular weight excluding hydrogens is 296 g/mol. The van der Waals surface area contributed by atoms with Crippen LogP contribution in [0.3, 0.4) is 0 Å². The molecule has 0 atom stereocenters. The lowest BCUT2D eigenvalue weighted by atomic mass is 10.1. The van der Waals surface area contributed by atoms with Crippen LogP contribution in [0.1, 0.15) is 25.3 Å². The Kier molecular flexibility index (Phi) is 3.73. The zero-order valence-electron chi connectivity index (χ0n) is 14.0. The summed E-state index contributed by atoms with van der Waals surface area (Å²) in [5.41, 5.74) is 5.76. The van der Waals surface area contributed by atoms with E-state index in [1.54, 1.807) is 0 Å². The van der Waals surface area contributed by atoms with Gasteiger partial charge < -0.3 is 4.57 Å². The molecule has 4 rings (SSSR count). The first kappa shape index (κ1) is 14.8. The summed E-state index contributed by atoms with van der Waals surface area (Å²) in [4.78, 5) is 14.4. The monoisotopic (exact) mass is 316 g/mol. The van der Waals surface area contributed by atoms with Crippen LogP contribution >= 0.6 is 0 Å². The number of para-hydroxylation sites is 2. The van der Waals surface area contributed by atoms with Crippen LogP contribution in [0.2, 0.25) is 0 Å². The molecule has 0 radical (unpaired) electrons. The summed E-state index contributed by atoms with van der Waals surface area (Å²) in [6, 6.07) is 16.5. The summed E-state index contributed by atoms with van der Waals surface area (Å²) < 4.78 is 2.21. The fourth-order valence-electron chi connectivity index (χ4n) is 2.95. The van der Waals surface area contributed by atoms with Crippen molar-refractivity contribution < 1.29 is 0 Å². The van der Waals surface area contributed by atoms with Gasteiger partial charge in [-0.2, -0.15) is 0 Å². The van der Waals surface area contributed by atoms with E-state index in [1.807, 2.05) is 24.3 Å². The van der Waals surface area contributed by atoms with Crippen LogP contribution in [0.15, 0.2) is 48.5 Å². The fourth-order valence-corrected chi connectivity index (χ4v) is 2.95. The van der Waals surface area contributed by atoms with Crippen molar-refractivity contribution in [3.63, 3.8) is 0 Å². The van der Waals surface area contributed by atoms with Gasteiger partial charge in [0.2, 0.25) is 0 Å². The molecule has 0 N–H and O–H groups in total. The van der Waals surface area contributed by atoms with Crippen LogP contribution < -0.4 is 0 Å². The molecule has 2 aromatic carbocycles. The second kappa shape index (κ2) is 6.04. The van der Waals surface area contributed by atoms with Gasteiger partial charge in [-0.15, -0.1) is 0 Å². The second-order valence-corrected chi connectivity index (χ2v) is 6.17. The van der Waals surface area contributed by atoms with Crippen LogP contribution in [-0.2, 0) is 6.54 Å². The van der Waals surface area contributed by atoms with Gasteiger partial charge in [-0.25, -0.2) is 15.0 Å². The zero-order valence-corrected chi connectivity index (χ0v) is 14.0. The molecule has 0 aliphatic heterocycles. The largest absolute Gasteiger partial charge is 0.307 e. The highest BCUT2D eigenvalue weighted by molar-refractivity contribution is 5.84. The number of hydrogen-bond donors (Lipinski definition) is 0. The predicted octanol–water partition coefficient (Wildman–Crippen LogP) is 4.76. The van der Waals surface area contributed by atoms with E-state index < -0.39 is 0 Å². The van der Waals surface area contributed by atoms with Gasteiger partial charge in [0.15, 0.2) is 11.3 Å². The molecule has 0 saturated heterocycles. The van der Waals surface area contributed by atoms with E-state index in [4.69, 9.17) is 15.0 Å². The average Bonchev–Trinajstić information content (AvgIpc) is 2.96. The maximum absolute atomic E-state index is 4.83. The third-order valence-corrected chi connectivity index (χ3v) is 4.30. The molecule has 0 saturated carbocycles. The van der Waals surface area contributed by atoms with E-state index in [9.17, 15) is 0 Å². The summed E-state index contributed by atoms with van der Waals surface area (Å²) in [7, 11) is 0. The van der Waals surface area contributed by atoms with Gasteiger partial charge in [0.25, 0.3) is 0 Å². The smallest absolute Gasteiger partial charge is 0.198 e. The molecule has 2 heterocycles. The number of rotatable bonds is 4. The van der Waals surface area contributed by atoms with Gasteiger partial charge >= 0.3 is 0 Å². The zero-order chi connectivity index (χ0) is 16.5. The number of benzene rings is 2. The summed E-state index contributed by atoms with van der Waals surface area (Å²) in [5, 5.41) is 0. The van der Waals surface area contributed by atoms with E-state index in [0.717, 1.165) is 53.1 Å². The number of imidazole rings is 1. The number of aryl methyl sites for hydroxylation is 2. The number of hydrogen-bond acceptors (Lipinski definition) is 3. The first-order valence-corrected chi connectivity index (χ1v) is 8.46. The second-order valence-electron chi connectivity index (χ2n) is 6.17. The van der Waals surface area contributed by atoms with Crippen molar-refractivity contribution in [1.82, 2.24) is 19.5 Å². The summed E-state index contributed by atoms with van der Waals surface area (Å²) in [6.07, 6.45) is 2.23. The third kappa shape index (κ3) is 2.54. The topological polar surface area (TPSA) is 43.6 Å². The van der Waals surface area contributed by atoms with Crippen molar-refractivity contribution in [1.29, 1.82) is 0 Å². The molecule has 4 nitrogen and oxygen atoms in total. The standard InChI is InChI=1S/C20H20N4/c1-3-4-13-24-19(15-11-9-14(2)10-12-15)23-18-20(24)22-17-8-6-5-7-16(17)21-18/h5-12H,3-4,13H2,1-2H3. The van der Waals surface area contributed by atoms with Gasteiger partial charge in [0, 0.05) is 12.1 Å².